The van der Waals surface area contributed by atoms with Gasteiger partial charge in [-0.2, -0.15) is 15.4 Å². The van der Waals surface area contributed by atoms with Crippen LogP contribution in [0.5, 0.6) is 0 Å². The van der Waals surface area contributed by atoms with Crippen LogP contribution in [-0.2, 0) is 19.5 Å². The molecular weight excluding hydrogens is 340 g/mol. The highest BCUT2D eigenvalue weighted by Gasteiger charge is 2.25. The molecular formula is C13H14N4O6S. The highest BCUT2D eigenvalue weighted by atomic mass is 32.2. The van der Waals surface area contributed by atoms with Crippen LogP contribution in [0.1, 0.15) is 17.3 Å². The van der Waals surface area contributed by atoms with Crippen molar-refractivity contribution in [2.75, 3.05) is 12.1 Å². The van der Waals surface area contributed by atoms with Gasteiger partial charge in [-0.15, -0.1) is 0 Å². The number of anilines is 1. The van der Waals surface area contributed by atoms with Gasteiger partial charge in [0.2, 0.25) is 10.0 Å². The fraction of sp³-hybridized carbons (Fsp3) is 0.231. The summed E-state index contributed by atoms with van der Waals surface area (Å²) < 4.78 is 32.6. The number of nitriles is 1. The van der Waals surface area contributed by atoms with Gasteiger partial charge in [-0.1, -0.05) is 0 Å². The molecule has 0 bridgehead atoms. The van der Waals surface area contributed by atoms with Crippen LogP contribution >= 0.6 is 0 Å². The van der Waals surface area contributed by atoms with Crippen molar-refractivity contribution < 1.29 is 27.5 Å². The molecule has 0 aromatic heterocycles. The number of rotatable bonds is 5. The molecule has 0 fully saturated rings. The molecule has 24 heavy (non-hydrogen) atoms. The average molecular weight is 354 g/mol. The normalized spacial score (nSPS) is 11.8. The summed E-state index contributed by atoms with van der Waals surface area (Å²) in [6, 6.07) is 4.94. The second-order valence-corrected chi connectivity index (χ2v) is 5.86. The van der Waals surface area contributed by atoms with Crippen molar-refractivity contribution in [1.29, 1.82) is 5.26 Å². The van der Waals surface area contributed by atoms with Crippen molar-refractivity contribution in [3.05, 3.63) is 23.8 Å². The summed E-state index contributed by atoms with van der Waals surface area (Å²) in [4.78, 5) is 23.0. The Morgan fingerprint density at radius 1 is 1.46 bits per heavy atom. The Hall–Kier alpha value is -2.97. The molecule has 11 heteroatoms. The van der Waals surface area contributed by atoms with E-state index in [0.717, 1.165) is 19.2 Å². The van der Waals surface area contributed by atoms with Gasteiger partial charge in [-0.25, -0.2) is 23.1 Å². The van der Waals surface area contributed by atoms with Gasteiger partial charge >= 0.3 is 12.1 Å². The first kappa shape index (κ1) is 19.1. The number of ether oxygens (including phenoxy) is 2. The maximum absolute atomic E-state index is 11.9. The predicted octanol–water partition coefficient (Wildman–Crippen LogP) is 0.591. The monoisotopic (exact) mass is 354 g/mol. The SMILES string of the molecule is C=NN(C(=O)OC(C)C#N)c1ccc(C(=O)OC)c(S(N)(=O)=O)c1. The van der Waals surface area contributed by atoms with Crippen LogP contribution < -0.4 is 10.1 Å². The maximum atomic E-state index is 11.9. The fourth-order valence-electron chi connectivity index (χ4n) is 1.63. The number of amides is 1. The number of hydrogen-bond acceptors (Lipinski definition) is 8. The van der Waals surface area contributed by atoms with Crippen molar-refractivity contribution in [3.8, 4) is 6.07 Å². The Morgan fingerprint density at radius 2 is 2.08 bits per heavy atom. The summed E-state index contributed by atoms with van der Waals surface area (Å²) in [7, 11) is -3.23. The predicted molar refractivity (Wildman–Crippen MR) is 82.7 cm³/mol. The van der Waals surface area contributed by atoms with Crippen LogP contribution in [0.2, 0.25) is 0 Å². The van der Waals surface area contributed by atoms with Crippen LogP contribution in [0.3, 0.4) is 0 Å². The third-order valence-electron chi connectivity index (χ3n) is 2.70. The standard InChI is InChI=1S/C13H14N4O6S/c1-8(7-14)23-13(19)17(16-2)9-4-5-10(12(18)22-3)11(6-9)24(15,20)21/h4-6,8H,2H2,1,3H3,(H2,15,20,21). The molecule has 1 amide bonds. The highest BCUT2D eigenvalue weighted by molar-refractivity contribution is 7.89. The zero-order valence-electron chi connectivity index (χ0n) is 12.8. The number of carbonyl (C=O) groups is 2. The third-order valence-corrected chi connectivity index (χ3v) is 3.65. The van der Waals surface area contributed by atoms with Crippen molar-refractivity contribution in [1.82, 2.24) is 0 Å². The summed E-state index contributed by atoms with van der Waals surface area (Å²) in [5.41, 5.74) is -0.400. The van der Waals surface area contributed by atoms with Gasteiger partial charge in [-0.05, 0) is 25.1 Å². The van der Waals surface area contributed by atoms with E-state index in [9.17, 15) is 18.0 Å². The molecule has 1 atom stereocenters. The number of hydrogen-bond donors (Lipinski definition) is 1. The number of primary sulfonamides is 1. The molecule has 1 aromatic rings. The van der Waals surface area contributed by atoms with Crippen LogP contribution in [0, 0.1) is 11.3 Å². The zero-order valence-corrected chi connectivity index (χ0v) is 13.6. The van der Waals surface area contributed by atoms with E-state index < -0.39 is 33.1 Å². The van der Waals surface area contributed by atoms with E-state index in [-0.39, 0.29) is 11.3 Å². The summed E-state index contributed by atoms with van der Waals surface area (Å²) in [5, 5.41) is 17.7. The molecule has 10 nitrogen and oxygen atoms in total. The molecule has 1 rings (SSSR count). The van der Waals surface area contributed by atoms with E-state index in [0.29, 0.717) is 5.01 Å². The van der Waals surface area contributed by atoms with E-state index in [1.54, 1.807) is 6.07 Å². The van der Waals surface area contributed by atoms with Crippen LogP contribution in [0.15, 0.2) is 28.2 Å². The molecule has 1 aromatic carbocycles. The molecule has 0 saturated carbocycles. The van der Waals surface area contributed by atoms with Crippen molar-refractivity contribution in [3.63, 3.8) is 0 Å². The smallest absolute Gasteiger partial charge is 0.436 e. The van der Waals surface area contributed by atoms with Gasteiger partial charge in [0.15, 0.2) is 6.10 Å². The first-order chi connectivity index (χ1) is 11.1. The number of esters is 1. The largest absolute Gasteiger partial charge is 0.465 e. The van der Waals surface area contributed by atoms with Crippen LogP contribution in [0.25, 0.3) is 0 Å². The molecule has 0 aliphatic carbocycles. The quantitative estimate of drug-likeness (QED) is 0.461. The van der Waals surface area contributed by atoms with E-state index in [1.807, 2.05) is 0 Å². The van der Waals surface area contributed by atoms with Gasteiger partial charge in [-0.3, -0.25) is 0 Å². The molecule has 0 aliphatic rings. The van der Waals surface area contributed by atoms with E-state index in [1.165, 1.54) is 13.0 Å². The second-order valence-electron chi connectivity index (χ2n) is 4.33. The Morgan fingerprint density at radius 3 is 2.54 bits per heavy atom. The lowest BCUT2D eigenvalue weighted by molar-refractivity contribution is 0.0596. The first-order valence-corrected chi connectivity index (χ1v) is 7.82. The first-order valence-electron chi connectivity index (χ1n) is 6.27. The molecule has 128 valence electrons. The molecule has 0 radical (unpaired) electrons. The number of carbonyl (C=O) groups excluding carboxylic acids is 2. The minimum atomic E-state index is -4.30. The van der Waals surface area contributed by atoms with Gasteiger partial charge < -0.3 is 9.47 Å². The number of sulfonamides is 1. The number of hydrazone groups is 1. The molecule has 1 unspecified atom stereocenters. The Bertz CT molecular complexity index is 814. The minimum absolute atomic E-state index is 0.0863. The van der Waals surface area contributed by atoms with Crippen LogP contribution in [0.4, 0.5) is 10.5 Å². The Kier molecular flexibility index (Phi) is 5.99. The van der Waals surface area contributed by atoms with Crippen molar-refractivity contribution in [2.24, 2.45) is 10.2 Å². The van der Waals surface area contributed by atoms with Crippen molar-refractivity contribution in [2.45, 2.75) is 17.9 Å². The second kappa shape index (κ2) is 7.53. The van der Waals surface area contributed by atoms with E-state index >= 15 is 0 Å². The topological polar surface area (TPSA) is 152 Å². The lowest BCUT2D eigenvalue weighted by Crippen LogP contribution is -2.29. The maximum Gasteiger partial charge on any atom is 0.436 e. The zero-order chi connectivity index (χ0) is 18.5. The molecule has 0 saturated heterocycles. The summed E-state index contributed by atoms with van der Waals surface area (Å²) in [6.45, 7) is 4.51. The lowest BCUT2D eigenvalue weighted by Gasteiger charge is -2.18. The minimum Gasteiger partial charge on any atom is -0.465 e. The van der Waals surface area contributed by atoms with Gasteiger partial charge in [0.1, 0.15) is 6.07 Å². The highest BCUT2D eigenvalue weighted by Crippen LogP contribution is 2.24. The van der Waals surface area contributed by atoms with Gasteiger partial charge in [0, 0.05) is 6.72 Å². The Balaban J connectivity index is 3.39. The summed E-state index contributed by atoms with van der Waals surface area (Å²) >= 11 is 0. The van der Waals surface area contributed by atoms with E-state index in [2.05, 4.69) is 16.6 Å². The fourth-order valence-corrected chi connectivity index (χ4v) is 2.37. The molecule has 0 heterocycles. The molecule has 0 spiro atoms. The lowest BCUT2D eigenvalue weighted by atomic mass is 10.2. The Labute approximate surface area is 138 Å². The van der Waals surface area contributed by atoms with Crippen molar-refractivity contribution >= 4 is 34.5 Å². The average Bonchev–Trinajstić information content (AvgIpc) is 2.53. The third kappa shape index (κ3) is 4.28. The number of nitrogens with zero attached hydrogens (tertiary/aromatic N) is 3. The van der Waals surface area contributed by atoms with Gasteiger partial charge in [0.25, 0.3) is 0 Å². The van der Waals surface area contributed by atoms with Crippen LogP contribution in [-0.4, -0.2) is 40.4 Å². The van der Waals surface area contributed by atoms with E-state index in [4.69, 9.17) is 15.1 Å². The number of benzene rings is 1. The molecule has 2 N–H and O–H groups in total. The molecule has 0 aliphatic heterocycles. The number of nitrogens with two attached hydrogens (primary N) is 1. The number of methoxy groups -OCH3 is 1. The summed E-state index contributed by atoms with van der Waals surface area (Å²) in [6.07, 6.45) is -2.13. The summed E-state index contributed by atoms with van der Waals surface area (Å²) in [5.74, 6) is -0.927. The van der Waals surface area contributed by atoms with Gasteiger partial charge in [0.05, 0.1) is 23.3 Å².